The topological polar surface area (TPSA) is 282 Å². The Morgan fingerprint density at radius 1 is 1.00 bits per heavy atom. The second-order valence-corrected chi connectivity index (χ2v) is 13.8. The molecule has 2 saturated heterocycles. The minimum absolute atomic E-state index is 0.0213. The fourth-order valence-corrected chi connectivity index (χ4v) is 8.05. The van der Waals surface area contributed by atoms with Gasteiger partial charge in [-0.1, -0.05) is 0 Å². The van der Waals surface area contributed by atoms with Crippen molar-refractivity contribution in [3.8, 4) is 0 Å². The van der Waals surface area contributed by atoms with Gasteiger partial charge in [-0.15, -0.1) is 0 Å². The van der Waals surface area contributed by atoms with Crippen molar-refractivity contribution in [2.75, 3.05) is 18.9 Å². The first-order valence-corrected chi connectivity index (χ1v) is 16.6. The lowest BCUT2D eigenvalue weighted by Gasteiger charge is -2.27. The molecule has 45 heavy (non-hydrogen) atoms. The lowest BCUT2D eigenvalue weighted by molar-refractivity contribution is -0.0612. The third-order valence-corrected chi connectivity index (χ3v) is 10.1. The zero-order chi connectivity index (χ0) is 31.8. The number of nitrogens with one attached hydrogen (secondary N) is 1. The van der Waals surface area contributed by atoms with Gasteiger partial charge in [-0.25, -0.2) is 29.1 Å². The van der Waals surface area contributed by atoms with Gasteiger partial charge in [0.2, 0.25) is 0 Å². The number of nitrogen functional groups attached to an aromatic ring is 1. The average molecular weight is 670 g/mol. The number of phosphoric acid groups is 2. The number of fused-ring (bicyclic) bond motifs is 5. The molecule has 242 valence electrons. The van der Waals surface area contributed by atoms with Crippen molar-refractivity contribution in [2.45, 2.75) is 56.1 Å². The fraction of sp³-hybridized carbons (Fsp3) is 0.522. The van der Waals surface area contributed by atoms with E-state index in [1.165, 1.54) is 24.1 Å². The fourth-order valence-electron chi connectivity index (χ4n) is 6.07. The van der Waals surface area contributed by atoms with E-state index in [1.807, 2.05) is 0 Å². The summed E-state index contributed by atoms with van der Waals surface area (Å²) in [4.78, 5) is 52.8. The molecule has 1 aliphatic carbocycles. The monoisotopic (exact) mass is 670 g/mol. The maximum absolute atomic E-state index is 13.3. The molecular formula is C23H28N8O12P2. The van der Waals surface area contributed by atoms with Gasteiger partial charge in [-0.05, 0) is 19.4 Å². The molecule has 2 aliphatic heterocycles. The Kier molecular flexibility index (Phi) is 7.46. The Labute approximate surface area is 251 Å². The number of aliphatic hydroxyl groups is 2. The van der Waals surface area contributed by atoms with Crippen LogP contribution in [0, 0.1) is 12.8 Å². The van der Waals surface area contributed by atoms with E-state index in [4.69, 9.17) is 28.6 Å². The molecule has 3 aliphatic rings. The van der Waals surface area contributed by atoms with Crippen molar-refractivity contribution < 1.29 is 52.0 Å². The van der Waals surface area contributed by atoms with E-state index in [2.05, 4.69) is 24.9 Å². The third kappa shape index (κ3) is 5.41. The molecule has 0 spiro atoms. The number of aliphatic hydroxyl groups excluding tert-OH is 2. The molecule has 0 aromatic carbocycles. The van der Waals surface area contributed by atoms with Crippen molar-refractivity contribution in [1.82, 2.24) is 34.1 Å². The van der Waals surface area contributed by atoms with E-state index in [9.17, 15) is 33.9 Å². The lowest BCUT2D eigenvalue weighted by Crippen LogP contribution is -2.35. The Hall–Kier alpha value is -3.13. The number of ether oxygens (including phenoxy) is 1. The van der Waals surface area contributed by atoms with Gasteiger partial charge in [0, 0.05) is 12.1 Å². The molecule has 4 aromatic rings. The molecule has 22 heteroatoms. The number of phosphoric ester groups is 2. The van der Waals surface area contributed by atoms with Crippen LogP contribution in [0.4, 0.5) is 5.82 Å². The number of nitrogens with two attached hydrogens (primary N) is 1. The van der Waals surface area contributed by atoms with Crippen LogP contribution in [0.3, 0.4) is 0 Å². The molecule has 7 rings (SSSR count). The maximum atomic E-state index is 13.3. The van der Waals surface area contributed by atoms with Gasteiger partial charge in [-0.3, -0.25) is 27.5 Å². The Morgan fingerprint density at radius 2 is 1.73 bits per heavy atom. The lowest BCUT2D eigenvalue weighted by atomic mass is 10.1. The number of H-pyrrole nitrogens is 1. The molecule has 10 unspecified atom stereocenters. The highest BCUT2D eigenvalue weighted by Crippen LogP contribution is 2.55. The Morgan fingerprint density at radius 3 is 2.51 bits per heavy atom. The smallest absolute Gasteiger partial charge is 0.388 e. The number of anilines is 1. The highest BCUT2D eigenvalue weighted by Gasteiger charge is 2.53. The minimum Gasteiger partial charge on any atom is -0.388 e. The van der Waals surface area contributed by atoms with Crippen LogP contribution in [0.5, 0.6) is 0 Å². The van der Waals surface area contributed by atoms with E-state index in [0.29, 0.717) is 11.0 Å². The first-order chi connectivity index (χ1) is 21.3. The van der Waals surface area contributed by atoms with Crippen LogP contribution in [-0.4, -0.2) is 97.8 Å². The van der Waals surface area contributed by atoms with E-state index >= 15 is 0 Å². The zero-order valence-corrected chi connectivity index (χ0v) is 25.0. The number of hydrogen-bond donors (Lipinski definition) is 6. The van der Waals surface area contributed by atoms with Crippen LogP contribution in [-0.2, 0) is 32.0 Å². The van der Waals surface area contributed by atoms with Crippen molar-refractivity contribution in [3.05, 3.63) is 41.1 Å². The number of hydrogen-bond acceptors (Lipinski definition) is 15. The first kappa shape index (κ1) is 30.5. The highest BCUT2D eigenvalue weighted by atomic mass is 31.2. The van der Waals surface area contributed by atoms with Gasteiger partial charge in [0.1, 0.15) is 54.1 Å². The molecule has 2 bridgehead atoms. The summed E-state index contributed by atoms with van der Waals surface area (Å²) in [6, 6.07) is 0.856. The summed E-state index contributed by atoms with van der Waals surface area (Å²) in [5.41, 5.74) is 5.71. The summed E-state index contributed by atoms with van der Waals surface area (Å²) in [6.07, 6.45) is -4.91. The van der Waals surface area contributed by atoms with Crippen molar-refractivity contribution in [3.63, 3.8) is 0 Å². The average Bonchev–Trinajstić information content (AvgIpc) is 3.72. The Balaban J connectivity index is 1.21. The van der Waals surface area contributed by atoms with Crippen molar-refractivity contribution in [2.24, 2.45) is 5.92 Å². The van der Waals surface area contributed by atoms with Gasteiger partial charge in [-0.2, -0.15) is 0 Å². The van der Waals surface area contributed by atoms with E-state index in [1.54, 1.807) is 16.8 Å². The summed E-state index contributed by atoms with van der Waals surface area (Å²) < 4.78 is 56.4. The van der Waals surface area contributed by atoms with Gasteiger partial charge in [0.15, 0.2) is 17.4 Å². The number of aromatic nitrogens is 7. The molecule has 0 amide bonds. The summed E-state index contributed by atoms with van der Waals surface area (Å²) in [7, 11) is -9.95. The number of aromatic amines is 1. The summed E-state index contributed by atoms with van der Waals surface area (Å²) in [5.74, 6) is -0.489. The Bertz CT molecular complexity index is 1930. The van der Waals surface area contributed by atoms with Crippen LogP contribution < -0.4 is 11.3 Å². The molecule has 4 aromatic heterocycles. The second-order valence-electron chi connectivity index (χ2n) is 11.0. The second kappa shape index (κ2) is 11.0. The molecule has 3 fully saturated rings. The standard InChI is InChI=1S/C23H28N8O12P2/c1-9-28-21-14(22(34)29-9)27-8-31(21)23-18-16(33)13(41-23)6-40-45(37,38)42-17-10(5-39-44(35,36)43-18)4-12(15(17)32)30-3-2-11-19(24)25-7-26-20(11)30/h2-3,7-8,10,12-13,15-18,23,32-33H,4-6H2,1H3,(H,35,36)(H,37,38)(H2,24,25,26)(H,28,29,34). The quantitative estimate of drug-likeness (QED) is 0.149. The summed E-state index contributed by atoms with van der Waals surface area (Å²) in [5, 5.41) is 22.9. The zero-order valence-electron chi connectivity index (χ0n) is 23.3. The van der Waals surface area contributed by atoms with E-state index < -0.39 is 83.1 Å². The van der Waals surface area contributed by atoms with Crippen LogP contribution in [0.25, 0.3) is 22.2 Å². The van der Waals surface area contributed by atoms with Crippen LogP contribution in [0.15, 0.2) is 29.7 Å². The molecule has 0 radical (unpaired) electrons. The number of aryl methyl sites for hydroxylation is 1. The van der Waals surface area contributed by atoms with Crippen LogP contribution in [0.1, 0.15) is 24.5 Å². The molecule has 7 N–H and O–H groups in total. The minimum atomic E-state index is -5.00. The predicted octanol–water partition coefficient (Wildman–Crippen LogP) is -0.347. The number of rotatable bonds is 2. The summed E-state index contributed by atoms with van der Waals surface area (Å²) in [6.45, 7) is 0.209. The summed E-state index contributed by atoms with van der Waals surface area (Å²) >= 11 is 0. The van der Waals surface area contributed by atoms with Crippen molar-refractivity contribution in [1.29, 1.82) is 0 Å². The molecule has 20 nitrogen and oxygen atoms in total. The van der Waals surface area contributed by atoms with Gasteiger partial charge in [0.05, 0.1) is 31.0 Å². The van der Waals surface area contributed by atoms with Gasteiger partial charge in [0.25, 0.3) is 5.56 Å². The highest BCUT2D eigenvalue weighted by molar-refractivity contribution is 7.47. The maximum Gasteiger partial charge on any atom is 0.472 e. The molecular weight excluding hydrogens is 642 g/mol. The van der Waals surface area contributed by atoms with E-state index in [-0.39, 0.29) is 29.2 Å². The van der Waals surface area contributed by atoms with E-state index in [0.717, 1.165) is 0 Å². The van der Waals surface area contributed by atoms with Gasteiger partial charge >= 0.3 is 15.6 Å². The molecule has 6 heterocycles. The van der Waals surface area contributed by atoms with Crippen molar-refractivity contribution >= 4 is 43.7 Å². The normalized spacial score (nSPS) is 37.7. The third-order valence-electron chi connectivity index (χ3n) is 8.14. The molecule has 1 saturated carbocycles. The SMILES string of the molecule is Cc1nc2c(ncn2C2OC3COP(=O)(O)OC4C(COP(=O)(O)OC2C3O)CC(n2ccc3c(N)ncnc32)C4O)c(=O)[nH]1. The largest absolute Gasteiger partial charge is 0.472 e. The predicted molar refractivity (Wildman–Crippen MR) is 149 cm³/mol. The number of nitrogens with zero attached hydrogens (tertiary/aromatic N) is 6. The number of imidazole rings is 1. The molecule has 10 atom stereocenters. The van der Waals surface area contributed by atoms with Gasteiger partial charge < -0.3 is 40.0 Å². The first-order valence-electron chi connectivity index (χ1n) is 13.7. The van der Waals surface area contributed by atoms with Crippen LogP contribution in [0.2, 0.25) is 0 Å². The van der Waals surface area contributed by atoms with Crippen LogP contribution >= 0.6 is 15.6 Å².